The standard InChI is InChI=1S/C16H27N3O2/c1-12-11-19(8-7-18(12)2)15(10-17)14-6-5-13(20-3)9-16(14)21-4/h5-6,9,12,15H,7-8,10-11,17H2,1-4H3. The Bertz CT molecular complexity index is 467. The highest BCUT2D eigenvalue weighted by Crippen LogP contribution is 2.33. The fourth-order valence-electron chi connectivity index (χ4n) is 2.93. The number of hydrogen-bond donors (Lipinski definition) is 1. The Hall–Kier alpha value is -1.30. The Morgan fingerprint density at radius 3 is 2.62 bits per heavy atom. The lowest BCUT2D eigenvalue weighted by molar-refractivity contribution is 0.0732. The SMILES string of the molecule is COc1ccc(C(CN)N2CCN(C)C(C)C2)c(OC)c1. The van der Waals surface area contributed by atoms with E-state index in [0.717, 1.165) is 36.7 Å². The highest BCUT2D eigenvalue weighted by molar-refractivity contribution is 5.42. The maximum atomic E-state index is 6.07. The predicted molar refractivity (Wildman–Crippen MR) is 85.0 cm³/mol. The first-order chi connectivity index (χ1) is 10.1. The molecule has 118 valence electrons. The number of nitrogens with zero attached hydrogens (tertiary/aromatic N) is 2. The van der Waals surface area contributed by atoms with Crippen LogP contribution in [-0.2, 0) is 0 Å². The van der Waals surface area contributed by atoms with Crippen molar-refractivity contribution in [2.75, 3.05) is 47.4 Å². The van der Waals surface area contributed by atoms with Crippen molar-refractivity contribution in [2.45, 2.75) is 19.0 Å². The lowest BCUT2D eigenvalue weighted by Crippen LogP contribution is -2.52. The van der Waals surface area contributed by atoms with Gasteiger partial charge in [-0.25, -0.2) is 0 Å². The minimum absolute atomic E-state index is 0.182. The van der Waals surface area contributed by atoms with E-state index in [-0.39, 0.29) is 6.04 Å². The fraction of sp³-hybridized carbons (Fsp3) is 0.625. The molecule has 1 aliphatic rings. The van der Waals surface area contributed by atoms with Gasteiger partial charge in [-0.15, -0.1) is 0 Å². The van der Waals surface area contributed by atoms with Gasteiger partial charge in [0, 0.05) is 43.9 Å². The molecule has 5 nitrogen and oxygen atoms in total. The van der Waals surface area contributed by atoms with Crippen molar-refractivity contribution in [1.29, 1.82) is 0 Å². The molecule has 1 heterocycles. The molecule has 1 saturated heterocycles. The summed E-state index contributed by atoms with van der Waals surface area (Å²) in [5.41, 5.74) is 7.20. The van der Waals surface area contributed by atoms with E-state index in [2.05, 4.69) is 29.8 Å². The average molecular weight is 293 g/mol. The van der Waals surface area contributed by atoms with E-state index in [1.807, 2.05) is 12.1 Å². The Morgan fingerprint density at radius 2 is 2.05 bits per heavy atom. The van der Waals surface area contributed by atoms with E-state index in [4.69, 9.17) is 15.2 Å². The van der Waals surface area contributed by atoms with Crippen LogP contribution in [0.4, 0.5) is 0 Å². The summed E-state index contributed by atoms with van der Waals surface area (Å²) in [6.07, 6.45) is 0. The monoisotopic (exact) mass is 293 g/mol. The summed E-state index contributed by atoms with van der Waals surface area (Å²) in [5.74, 6) is 1.65. The third-order valence-corrected chi connectivity index (χ3v) is 4.45. The Morgan fingerprint density at radius 1 is 1.29 bits per heavy atom. The molecule has 0 aromatic heterocycles. The van der Waals surface area contributed by atoms with Crippen LogP contribution in [0.1, 0.15) is 18.5 Å². The van der Waals surface area contributed by atoms with E-state index in [0.29, 0.717) is 12.6 Å². The first-order valence-electron chi connectivity index (χ1n) is 7.47. The molecule has 21 heavy (non-hydrogen) atoms. The van der Waals surface area contributed by atoms with Crippen LogP contribution < -0.4 is 15.2 Å². The summed E-state index contributed by atoms with van der Waals surface area (Å²) >= 11 is 0. The summed E-state index contributed by atoms with van der Waals surface area (Å²) in [6, 6.07) is 6.69. The maximum Gasteiger partial charge on any atom is 0.127 e. The lowest BCUT2D eigenvalue weighted by atomic mass is 10.0. The highest BCUT2D eigenvalue weighted by Gasteiger charge is 2.28. The van der Waals surface area contributed by atoms with Gasteiger partial charge >= 0.3 is 0 Å². The molecule has 5 heteroatoms. The molecular formula is C16H27N3O2. The fourth-order valence-corrected chi connectivity index (χ4v) is 2.93. The first kappa shape index (κ1) is 16.1. The molecule has 0 saturated carbocycles. The molecule has 0 radical (unpaired) electrons. The second-order valence-corrected chi connectivity index (χ2v) is 5.68. The first-order valence-corrected chi connectivity index (χ1v) is 7.47. The summed E-state index contributed by atoms with van der Waals surface area (Å²) in [5, 5.41) is 0. The quantitative estimate of drug-likeness (QED) is 0.888. The van der Waals surface area contributed by atoms with E-state index >= 15 is 0 Å². The van der Waals surface area contributed by atoms with Crippen LogP contribution in [0.3, 0.4) is 0 Å². The van der Waals surface area contributed by atoms with Crippen molar-refractivity contribution in [1.82, 2.24) is 9.80 Å². The molecule has 0 spiro atoms. The normalized spacial score (nSPS) is 22.0. The van der Waals surface area contributed by atoms with Crippen molar-refractivity contribution >= 4 is 0 Å². The van der Waals surface area contributed by atoms with Gasteiger partial charge < -0.3 is 20.1 Å². The van der Waals surface area contributed by atoms with E-state index in [1.54, 1.807) is 14.2 Å². The van der Waals surface area contributed by atoms with Crippen LogP contribution in [0.5, 0.6) is 11.5 Å². The second-order valence-electron chi connectivity index (χ2n) is 5.68. The van der Waals surface area contributed by atoms with E-state index < -0.39 is 0 Å². The zero-order valence-electron chi connectivity index (χ0n) is 13.5. The van der Waals surface area contributed by atoms with E-state index in [9.17, 15) is 0 Å². The molecule has 1 aliphatic heterocycles. The number of hydrogen-bond acceptors (Lipinski definition) is 5. The number of likely N-dealkylation sites (N-methyl/N-ethyl adjacent to an activating group) is 1. The molecule has 2 atom stereocenters. The van der Waals surface area contributed by atoms with Gasteiger partial charge in [-0.3, -0.25) is 4.90 Å². The molecule has 0 bridgehead atoms. The molecule has 2 unspecified atom stereocenters. The van der Waals surface area contributed by atoms with Gasteiger partial charge in [-0.05, 0) is 20.0 Å². The third-order valence-electron chi connectivity index (χ3n) is 4.45. The van der Waals surface area contributed by atoms with Crippen LogP contribution in [0, 0.1) is 0 Å². The lowest BCUT2D eigenvalue weighted by Gasteiger charge is -2.41. The maximum absolute atomic E-state index is 6.07. The van der Waals surface area contributed by atoms with Crippen LogP contribution in [0.15, 0.2) is 18.2 Å². The summed E-state index contributed by atoms with van der Waals surface area (Å²) in [7, 11) is 5.53. The van der Waals surface area contributed by atoms with Gasteiger partial charge in [0.05, 0.1) is 20.3 Å². The highest BCUT2D eigenvalue weighted by atomic mass is 16.5. The number of rotatable bonds is 5. The Labute approximate surface area is 127 Å². The van der Waals surface area contributed by atoms with Crippen molar-refractivity contribution in [2.24, 2.45) is 5.73 Å². The summed E-state index contributed by atoms with van der Waals surface area (Å²) in [4.78, 5) is 4.84. The van der Waals surface area contributed by atoms with Gasteiger partial charge in [0.25, 0.3) is 0 Å². The minimum atomic E-state index is 0.182. The molecule has 1 aromatic rings. The van der Waals surface area contributed by atoms with Gasteiger partial charge in [0.1, 0.15) is 11.5 Å². The minimum Gasteiger partial charge on any atom is -0.497 e. The molecule has 0 amide bonds. The summed E-state index contributed by atoms with van der Waals surface area (Å²) < 4.78 is 10.8. The van der Waals surface area contributed by atoms with Gasteiger partial charge in [0.2, 0.25) is 0 Å². The second kappa shape index (κ2) is 7.11. The van der Waals surface area contributed by atoms with Crippen LogP contribution >= 0.6 is 0 Å². The van der Waals surface area contributed by atoms with Gasteiger partial charge in [-0.1, -0.05) is 6.07 Å². The Balaban J connectivity index is 2.24. The number of piperazine rings is 1. The molecule has 2 N–H and O–H groups in total. The summed E-state index contributed by atoms with van der Waals surface area (Å²) in [6.45, 7) is 5.95. The molecule has 1 fully saturated rings. The van der Waals surface area contributed by atoms with Crippen molar-refractivity contribution in [3.8, 4) is 11.5 Å². The molecule has 1 aromatic carbocycles. The molecule has 0 aliphatic carbocycles. The third kappa shape index (κ3) is 3.48. The van der Waals surface area contributed by atoms with Gasteiger partial charge in [0.15, 0.2) is 0 Å². The smallest absolute Gasteiger partial charge is 0.127 e. The molecule has 2 rings (SSSR count). The number of nitrogens with two attached hydrogens (primary N) is 1. The predicted octanol–water partition coefficient (Wildman–Crippen LogP) is 1.34. The molecular weight excluding hydrogens is 266 g/mol. The van der Waals surface area contributed by atoms with Crippen LogP contribution in [0.2, 0.25) is 0 Å². The number of ether oxygens (including phenoxy) is 2. The zero-order valence-corrected chi connectivity index (χ0v) is 13.5. The average Bonchev–Trinajstić information content (AvgIpc) is 2.51. The Kier molecular flexibility index (Phi) is 5.45. The van der Waals surface area contributed by atoms with Crippen LogP contribution in [0.25, 0.3) is 0 Å². The van der Waals surface area contributed by atoms with Crippen LogP contribution in [-0.4, -0.2) is 63.3 Å². The van der Waals surface area contributed by atoms with E-state index in [1.165, 1.54) is 0 Å². The van der Waals surface area contributed by atoms with Crippen molar-refractivity contribution in [3.05, 3.63) is 23.8 Å². The van der Waals surface area contributed by atoms with Crippen molar-refractivity contribution in [3.63, 3.8) is 0 Å². The topological polar surface area (TPSA) is 51.0 Å². The van der Waals surface area contributed by atoms with Crippen molar-refractivity contribution < 1.29 is 9.47 Å². The number of methoxy groups -OCH3 is 2. The van der Waals surface area contributed by atoms with Gasteiger partial charge in [-0.2, -0.15) is 0 Å². The number of benzene rings is 1. The largest absolute Gasteiger partial charge is 0.497 e. The zero-order chi connectivity index (χ0) is 15.4.